The summed E-state index contributed by atoms with van der Waals surface area (Å²) in [6.45, 7) is 2.31. The summed E-state index contributed by atoms with van der Waals surface area (Å²) in [6, 6.07) is 7.75. The molecule has 4 nitrogen and oxygen atoms in total. The Labute approximate surface area is 95.7 Å². The van der Waals surface area contributed by atoms with Crippen LogP contribution in [0.1, 0.15) is 24.3 Å². The molecule has 0 amide bonds. The molecule has 88 valence electrons. The minimum absolute atomic E-state index is 0.00660. The van der Waals surface area contributed by atoms with Gasteiger partial charge in [0.25, 0.3) is 10.1 Å². The van der Waals surface area contributed by atoms with Gasteiger partial charge in [0.2, 0.25) is 0 Å². The highest BCUT2D eigenvalue weighted by Gasteiger charge is 2.24. The van der Waals surface area contributed by atoms with E-state index in [1.54, 1.807) is 6.92 Å². The van der Waals surface area contributed by atoms with Gasteiger partial charge in [0.15, 0.2) is 6.23 Å². The molecule has 0 aromatic heterocycles. The predicted octanol–water partition coefficient (Wildman–Crippen LogP) is 1.20. The summed E-state index contributed by atoms with van der Waals surface area (Å²) in [7, 11) is -3.42. The molecule has 1 aliphatic rings. The first-order chi connectivity index (χ1) is 7.62. The van der Waals surface area contributed by atoms with Gasteiger partial charge in [-0.05, 0) is 24.5 Å². The highest BCUT2D eigenvalue weighted by atomic mass is 32.2. The molecule has 16 heavy (non-hydrogen) atoms. The van der Waals surface area contributed by atoms with Crippen LogP contribution in [0.15, 0.2) is 24.3 Å². The fraction of sp³-hybridized carbons (Fsp3) is 0.455. The minimum atomic E-state index is -3.42. The van der Waals surface area contributed by atoms with Crippen LogP contribution >= 0.6 is 0 Å². The summed E-state index contributed by atoms with van der Waals surface area (Å²) in [5.74, 6) is -0.00660. The topological polar surface area (TPSA) is 55.4 Å². The van der Waals surface area contributed by atoms with Gasteiger partial charge in [0, 0.05) is 6.54 Å². The third-order valence-corrected chi connectivity index (χ3v) is 3.85. The van der Waals surface area contributed by atoms with E-state index in [4.69, 9.17) is 4.18 Å². The fourth-order valence-corrected chi connectivity index (χ4v) is 2.37. The summed E-state index contributed by atoms with van der Waals surface area (Å²) < 4.78 is 27.9. The molecule has 1 N–H and O–H groups in total. The van der Waals surface area contributed by atoms with Crippen LogP contribution < -0.4 is 5.32 Å². The molecule has 1 unspecified atom stereocenters. The molecule has 0 bridgehead atoms. The summed E-state index contributed by atoms with van der Waals surface area (Å²) in [4.78, 5) is 0. The minimum Gasteiger partial charge on any atom is -0.287 e. The van der Waals surface area contributed by atoms with E-state index in [1.807, 2.05) is 24.3 Å². The Balaban J connectivity index is 2.26. The molecule has 2 rings (SSSR count). The van der Waals surface area contributed by atoms with Crippen molar-refractivity contribution in [3.8, 4) is 0 Å². The van der Waals surface area contributed by atoms with Crippen molar-refractivity contribution in [1.82, 2.24) is 5.32 Å². The second kappa shape index (κ2) is 4.53. The highest BCUT2D eigenvalue weighted by Crippen LogP contribution is 2.24. The maximum atomic E-state index is 11.4. The molecule has 0 fully saturated rings. The average molecular weight is 241 g/mol. The maximum absolute atomic E-state index is 11.4. The monoisotopic (exact) mass is 241 g/mol. The first kappa shape index (κ1) is 11.6. The van der Waals surface area contributed by atoms with Crippen LogP contribution in [0.3, 0.4) is 0 Å². The zero-order valence-electron chi connectivity index (χ0n) is 9.14. The van der Waals surface area contributed by atoms with Crippen molar-refractivity contribution in [2.75, 3.05) is 12.3 Å². The molecule has 0 saturated heterocycles. The summed E-state index contributed by atoms with van der Waals surface area (Å²) in [5, 5.41) is 3.06. The third-order valence-electron chi connectivity index (χ3n) is 2.66. The zero-order valence-corrected chi connectivity index (χ0v) is 9.96. The zero-order chi connectivity index (χ0) is 11.6. The Morgan fingerprint density at radius 3 is 2.94 bits per heavy atom. The van der Waals surface area contributed by atoms with Crippen LogP contribution in [0.25, 0.3) is 0 Å². The first-order valence-corrected chi connectivity index (χ1v) is 6.92. The molecule has 0 saturated carbocycles. The standard InChI is InChI=1S/C11H15NO3S/c1-2-16(13,14)15-11-10-6-4-3-5-9(10)7-8-12-11/h3-6,11-12H,2,7-8H2,1H3. The Morgan fingerprint density at radius 2 is 2.19 bits per heavy atom. The quantitative estimate of drug-likeness (QED) is 0.808. The van der Waals surface area contributed by atoms with Gasteiger partial charge in [-0.25, -0.2) is 4.18 Å². The average Bonchev–Trinajstić information content (AvgIpc) is 2.29. The molecule has 0 spiro atoms. The Morgan fingerprint density at radius 1 is 1.44 bits per heavy atom. The molecule has 1 atom stereocenters. The van der Waals surface area contributed by atoms with E-state index in [0.29, 0.717) is 0 Å². The summed E-state index contributed by atoms with van der Waals surface area (Å²) in [6.07, 6.45) is 0.372. The van der Waals surface area contributed by atoms with Crippen LogP contribution in [0.2, 0.25) is 0 Å². The molecular weight excluding hydrogens is 226 g/mol. The second-order valence-corrected chi connectivity index (χ2v) is 5.61. The van der Waals surface area contributed by atoms with E-state index < -0.39 is 16.3 Å². The fourth-order valence-electron chi connectivity index (χ4n) is 1.77. The van der Waals surface area contributed by atoms with Gasteiger partial charge < -0.3 is 0 Å². The Kier molecular flexibility index (Phi) is 3.28. The molecule has 1 aliphatic heterocycles. The van der Waals surface area contributed by atoms with Crippen molar-refractivity contribution in [2.24, 2.45) is 0 Å². The lowest BCUT2D eigenvalue weighted by Crippen LogP contribution is -2.33. The van der Waals surface area contributed by atoms with E-state index in [0.717, 1.165) is 24.1 Å². The van der Waals surface area contributed by atoms with Gasteiger partial charge in [-0.15, -0.1) is 0 Å². The van der Waals surface area contributed by atoms with Gasteiger partial charge in [-0.3, -0.25) is 5.32 Å². The van der Waals surface area contributed by atoms with E-state index in [9.17, 15) is 8.42 Å². The lowest BCUT2D eigenvalue weighted by molar-refractivity contribution is 0.167. The van der Waals surface area contributed by atoms with Crippen molar-refractivity contribution in [3.05, 3.63) is 35.4 Å². The van der Waals surface area contributed by atoms with Gasteiger partial charge in [-0.1, -0.05) is 24.3 Å². The molecule has 1 aromatic rings. The maximum Gasteiger partial charge on any atom is 0.268 e. The largest absolute Gasteiger partial charge is 0.287 e. The number of hydrogen-bond acceptors (Lipinski definition) is 4. The third kappa shape index (κ3) is 2.42. The van der Waals surface area contributed by atoms with Crippen molar-refractivity contribution < 1.29 is 12.6 Å². The molecule has 1 heterocycles. The van der Waals surface area contributed by atoms with E-state index in [-0.39, 0.29) is 5.75 Å². The Hall–Kier alpha value is -0.910. The smallest absolute Gasteiger partial charge is 0.268 e. The summed E-state index contributed by atoms with van der Waals surface area (Å²) >= 11 is 0. The van der Waals surface area contributed by atoms with Crippen molar-refractivity contribution in [3.63, 3.8) is 0 Å². The van der Waals surface area contributed by atoms with Crippen molar-refractivity contribution >= 4 is 10.1 Å². The first-order valence-electron chi connectivity index (χ1n) is 5.34. The number of nitrogens with one attached hydrogen (secondary N) is 1. The molecule has 0 radical (unpaired) electrons. The number of fused-ring (bicyclic) bond motifs is 1. The number of rotatable bonds is 3. The van der Waals surface area contributed by atoms with Crippen LogP contribution in [-0.4, -0.2) is 20.7 Å². The van der Waals surface area contributed by atoms with E-state index in [2.05, 4.69) is 5.32 Å². The number of benzene rings is 1. The Bertz CT molecular complexity index is 470. The highest BCUT2D eigenvalue weighted by molar-refractivity contribution is 7.86. The molecule has 0 aliphatic carbocycles. The van der Waals surface area contributed by atoms with E-state index >= 15 is 0 Å². The van der Waals surface area contributed by atoms with Crippen LogP contribution in [0.5, 0.6) is 0 Å². The lowest BCUT2D eigenvalue weighted by Gasteiger charge is -2.26. The molecule has 1 aromatic carbocycles. The van der Waals surface area contributed by atoms with Crippen LogP contribution in [0, 0.1) is 0 Å². The van der Waals surface area contributed by atoms with E-state index in [1.165, 1.54) is 0 Å². The van der Waals surface area contributed by atoms with Gasteiger partial charge in [-0.2, -0.15) is 8.42 Å². The van der Waals surface area contributed by atoms with Gasteiger partial charge >= 0.3 is 0 Å². The van der Waals surface area contributed by atoms with Crippen molar-refractivity contribution in [1.29, 1.82) is 0 Å². The van der Waals surface area contributed by atoms with Gasteiger partial charge in [0.1, 0.15) is 0 Å². The molecular formula is C11H15NO3S. The van der Waals surface area contributed by atoms with Crippen LogP contribution in [-0.2, 0) is 20.7 Å². The van der Waals surface area contributed by atoms with Gasteiger partial charge in [0.05, 0.1) is 5.75 Å². The lowest BCUT2D eigenvalue weighted by atomic mass is 10.0. The van der Waals surface area contributed by atoms with Crippen molar-refractivity contribution in [2.45, 2.75) is 19.6 Å². The number of hydrogen-bond donors (Lipinski definition) is 1. The normalized spacial score (nSPS) is 20.4. The molecule has 5 heteroatoms. The predicted molar refractivity (Wildman–Crippen MR) is 61.4 cm³/mol. The summed E-state index contributed by atoms with van der Waals surface area (Å²) in [5.41, 5.74) is 2.07. The SMILES string of the molecule is CCS(=O)(=O)OC1NCCc2ccccc21. The van der Waals surface area contributed by atoms with Crippen LogP contribution in [0.4, 0.5) is 0 Å². The second-order valence-electron chi connectivity index (χ2n) is 3.73.